The fourth-order valence-corrected chi connectivity index (χ4v) is 2.04. The van der Waals surface area contributed by atoms with E-state index >= 15 is 0 Å². The maximum atomic E-state index is 10.9. The number of rotatable bonds is 3. The molecule has 2 aromatic rings. The van der Waals surface area contributed by atoms with Crippen LogP contribution in [0.4, 0.5) is 11.4 Å². The van der Waals surface area contributed by atoms with Crippen LogP contribution in [-0.4, -0.2) is 11.1 Å². The lowest BCUT2D eigenvalue weighted by Crippen LogP contribution is -2.00. The average molecular weight is 287 g/mol. The second-order valence-electron chi connectivity index (χ2n) is 4.23. The number of halogens is 1. The first-order valence-electron chi connectivity index (χ1n) is 5.82. The molecular formula is C15H11ClN2O2. The molecule has 0 fully saturated rings. The first-order valence-corrected chi connectivity index (χ1v) is 6.20. The smallest absolute Gasteiger partial charge is 0.335 e. The van der Waals surface area contributed by atoms with Crippen molar-refractivity contribution in [3.8, 4) is 6.07 Å². The lowest BCUT2D eigenvalue weighted by molar-refractivity contribution is 0.0697. The van der Waals surface area contributed by atoms with Crippen LogP contribution < -0.4 is 5.32 Å². The molecular weight excluding hydrogens is 276 g/mol. The van der Waals surface area contributed by atoms with Gasteiger partial charge in [-0.15, -0.1) is 0 Å². The zero-order valence-electron chi connectivity index (χ0n) is 10.6. The second-order valence-corrected chi connectivity index (χ2v) is 4.64. The second kappa shape index (κ2) is 5.64. The van der Waals surface area contributed by atoms with Gasteiger partial charge in [0.1, 0.15) is 6.07 Å². The topological polar surface area (TPSA) is 73.1 Å². The lowest BCUT2D eigenvalue weighted by atomic mass is 10.1. The maximum absolute atomic E-state index is 10.9. The van der Waals surface area contributed by atoms with E-state index in [0.717, 1.165) is 5.56 Å². The molecule has 5 heteroatoms. The van der Waals surface area contributed by atoms with Crippen LogP contribution in [0.5, 0.6) is 0 Å². The van der Waals surface area contributed by atoms with E-state index in [1.807, 2.05) is 13.0 Å². The highest BCUT2D eigenvalue weighted by Crippen LogP contribution is 2.30. The van der Waals surface area contributed by atoms with E-state index < -0.39 is 5.97 Å². The quantitative estimate of drug-likeness (QED) is 0.895. The summed E-state index contributed by atoms with van der Waals surface area (Å²) in [6, 6.07) is 11.9. The van der Waals surface area contributed by atoms with Crippen LogP contribution >= 0.6 is 11.6 Å². The highest BCUT2D eigenvalue weighted by Gasteiger charge is 2.10. The van der Waals surface area contributed by atoms with Gasteiger partial charge in [0.05, 0.1) is 27.5 Å². The molecule has 0 aliphatic heterocycles. The molecule has 0 saturated heterocycles. The van der Waals surface area contributed by atoms with Crippen LogP contribution in [0.25, 0.3) is 0 Å². The maximum Gasteiger partial charge on any atom is 0.335 e. The molecule has 0 aromatic heterocycles. The number of hydrogen-bond donors (Lipinski definition) is 2. The summed E-state index contributed by atoms with van der Waals surface area (Å²) in [5.74, 6) is -1.04. The van der Waals surface area contributed by atoms with Crippen molar-refractivity contribution in [1.29, 1.82) is 5.26 Å². The number of nitriles is 1. The minimum Gasteiger partial charge on any atom is -0.478 e. The molecule has 0 atom stereocenters. The minimum absolute atomic E-state index is 0.117. The SMILES string of the molecule is Cc1cccc(C#N)c1Nc1ccc(C(=O)O)cc1Cl. The molecule has 20 heavy (non-hydrogen) atoms. The average Bonchev–Trinajstić information content (AvgIpc) is 2.42. The molecule has 0 bridgehead atoms. The Morgan fingerprint density at radius 1 is 1.35 bits per heavy atom. The molecule has 0 radical (unpaired) electrons. The van der Waals surface area contributed by atoms with Gasteiger partial charge in [-0.2, -0.15) is 5.26 Å². The molecule has 2 aromatic carbocycles. The van der Waals surface area contributed by atoms with E-state index in [-0.39, 0.29) is 10.6 Å². The van der Waals surface area contributed by atoms with Crippen LogP contribution in [0.15, 0.2) is 36.4 Å². The van der Waals surface area contributed by atoms with Crippen molar-refractivity contribution in [3.05, 3.63) is 58.1 Å². The fraction of sp³-hybridized carbons (Fsp3) is 0.0667. The predicted molar refractivity (Wildman–Crippen MR) is 77.6 cm³/mol. The largest absolute Gasteiger partial charge is 0.478 e. The Kier molecular flexibility index (Phi) is 3.92. The highest BCUT2D eigenvalue weighted by atomic mass is 35.5. The van der Waals surface area contributed by atoms with Crippen LogP contribution in [0.2, 0.25) is 5.02 Å². The molecule has 0 unspecified atom stereocenters. The molecule has 0 aliphatic carbocycles. The Morgan fingerprint density at radius 2 is 2.10 bits per heavy atom. The zero-order valence-corrected chi connectivity index (χ0v) is 11.4. The zero-order chi connectivity index (χ0) is 14.7. The van der Waals surface area contributed by atoms with Gasteiger partial charge in [-0.1, -0.05) is 23.7 Å². The molecule has 2 rings (SSSR count). The molecule has 2 N–H and O–H groups in total. The lowest BCUT2D eigenvalue weighted by Gasteiger charge is -2.13. The van der Waals surface area contributed by atoms with Gasteiger partial charge < -0.3 is 10.4 Å². The Labute approximate surface area is 121 Å². The number of aromatic carboxylic acids is 1. The van der Waals surface area contributed by atoms with Crippen molar-refractivity contribution >= 4 is 28.9 Å². The standard InChI is InChI=1S/C15H11ClN2O2/c1-9-3-2-4-11(8-17)14(9)18-13-6-5-10(15(19)20)7-12(13)16/h2-7,18H,1H3,(H,19,20). The van der Waals surface area contributed by atoms with Gasteiger partial charge >= 0.3 is 5.97 Å². The molecule has 4 nitrogen and oxygen atoms in total. The molecule has 0 spiro atoms. The van der Waals surface area contributed by atoms with E-state index in [0.29, 0.717) is 16.9 Å². The van der Waals surface area contributed by atoms with Gasteiger partial charge in [0.15, 0.2) is 0 Å². The third-order valence-corrected chi connectivity index (χ3v) is 3.18. The van der Waals surface area contributed by atoms with Crippen LogP contribution in [-0.2, 0) is 0 Å². The third-order valence-electron chi connectivity index (χ3n) is 2.87. The van der Waals surface area contributed by atoms with Crippen molar-refractivity contribution in [2.75, 3.05) is 5.32 Å². The van der Waals surface area contributed by atoms with Crippen LogP contribution in [0.3, 0.4) is 0 Å². The highest BCUT2D eigenvalue weighted by molar-refractivity contribution is 6.33. The summed E-state index contributed by atoms with van der Waals surface area (Å²) >= 11 is 6.06. The number of carboxylic acids is 1. The van der Waals surface area contributed by atoms with Gasteiger partial charge in [-0.25, -0.2) is 4.79 Å². The number of hydrogen-bond acceptors (Lipinski definition) is 3. The van der Waals surface area contributed by atoms with Crippen molar-refractivity contribution in [2.45, 2.75) is 6.92 Å². The number of carboxylic acid groups (broad SMARTS) is 1. The summed E-state index contributed by atoms with van der Waals surface area (Å²) in [4.78, 5) is 10.9. The van der Waals surface area contributed by atoms with Crippen molar-refractivity contribution < 1.29 is 9.90 Å². The van der Waals surface area contributed by atoms with Crippen molar-refractivity contribution in [3.63, 3.8) is 0 Å². The number of nitrogens with one attached hydrogen (secondary N) is 1. The number of carbonyl (C=O) groups is 1. The van der Waals surface area contributed by atoms with Gasteiger partial charge in [0.2, 0.25) is 0 Å². The number of nitrogens with zero attached hydrogens (tertiary/aromatic N) is 1. The Morgan fingerprint density at radius 3 is 2.70 bits per heavy atom. The molecule has 0 heterocycles. The summed E-state index contributed by atoms with van der Waals surface area (Å²) in [5.41, 5.74) is 2.75. The first kappa shape index (κ1) is 13.9. The Bertz CT molecular complexity index is 720. The molecule has 0 amide bonds. The van der Waals surface area contributed by atoms with Gasteiger partial charge in [-0.05, 0) is 36.8 Å². The summed E-state index contributed by atoms with van der Waals surface area (Å²) < 4.78 is 0. The normalized spacial score (nSPS) is 9.85. The number of para-hydroxylation sites is 1. The van der Waals surface area contributed by atoms with Gasteiger partial charge in [-0.3, -0.25) is 0 Å². The van der Waals surface area contributed by atoms with E-state index in [1.165, 1.54) is 12.1 Å². The molecule has 100 valence electrons. The van der Waals surface area contributed by atoms with Gasteiger partial charge in [0, 0.05) is 0 Å². The number of anilines is 2. The number of aryl methyl sites for hydroxylation is 1. The van der Waals surface area contributed by atoms with E-state index in [4.69, 9.17) is 22.0 Å². The summed E-state index contributed by atoms with van der Waals surface area (Å²) in [5, 5.41) is 21.4. The van der Waals surface area contributed by atoms with E-state index in [9.17, 15) is 4.79 Å². The van der Waals surface area contributed by atoms with Crippen molar-refractivity contribution in [1.82, 2.24) is 0 Å². The third kappa shape index (κ3) is 2.73. The Hall–Kier alpha value is -2.51. The minimum atomic E-state index is -1.04. The predicted octanol–water partition coefficient (Wildman–Crippen LogP) is 3.96. The van der Waals surface area contributed by atoms with Crippen LogP contribution in [0.1, 0.15) is 21.5 Å². The summed E-state index contributed by atoms with van der Waals surface area (Å²) in [6.45, 7) is 1.88. The summed E-state index contributed by atoms with van der Waals surface area (Å²) in [6.07, 6.45) is 0. The monoisotopic (exact) mass is 286 g/mol. The van der Waals surface area contributed by atoms with E-state index in [2.05, 4.69) is 11.4 Å². The molecule has 0 aliphatic rings. The van der Waals surface area contributed by atoms with Gasteiger partial charge in [0.25, 0.3) is 0 Å². The summed E-state index contributed by atoms with van der Waals surface area (Å²) in [7, 11) is 0. The van der Waals surface area contributed by atoms with Crippen LogP contribution in [0, 0.1) is 18.3 Å². The number of benzene rings is 2. The van der Waals surface area contributed by atoms with E-state index in [1.54, 1.807) is 18.2 Å². The first-order chi connectivity index (χ1) is 9.52. The fourth-order valence-electron chi connectivity index (χ4n) is 1.81. The molecule has 0 saturated carbocycles. The van der Waals surface area contributed by atoms with Crippen molar-refractivity contribution in [2.24, 2.45) is 0 Å². The Balaban J connectivity index is 2.41.